The summed E-state index contributed by atoms with van der Waals surface area (Å²) in [6.07, 6.45) is 4.74. The van der Waals surface area contributed by atoms with E-state index in [0.29, 0.717) is 91.5 Å². The number of ether oxygens (including phenoxy) is 8. The highest BCUT2D eigenvalue weighted by Gasteiger charge is 2.22. The Hall–Kier alpha value is -2.91. The standard InChI is InChI=1S/C31H48N2O11/c1-2-3-10-32-28-6-4-27(5-7-28)31(36)44-26-25-43-24-23-42-22-21-41-20-19-40-18-17-39-16-15-38-14-13-37-12-11-33-29(34)8-9-30(33)35/h4-9,32H,2-3,10-26H2,1H3. The Morgan fingerprint density at radius 1 is 0.614 bits per heavy atom. The van der Waals surface area contributed by atoms with Crippen LogP contribution in [0.1, 0.15) is 30.1 Å². The lowest BCUT2D eigenvalue weighted by atomic mass is 10.2. The van der Waals surface area contributed by atoms with Crippen LogP contribution in [0, 0.1) is 0 Å². The van der Waals surface area contributed by atoms with Gasteiger partial charge < -0.3 is 43.2 Å². The van der Waals surface area contributed by atoms with E-state index in [2.05, 4.69) is 12.2 Å². The van der Waals surface area contributed by atoms with Gasteiger partial charge in [-0.3, -0.25) is 14.5 Å². The fourth-order valence-electron chi connectivity index (χ4n) is 3.64. The number of esters is 1. The van der Waals surface area contributed by atoms with Crippen LogP contribution in [-0.4, -0.2) is 135 Å². The molecule has 0 radical (unpaired) electrons. The molecule has 0 fully saturated rings. The zero-order valence-electron chi connectivity index (χ0n) is 25.8. The van der Waals surface area contributed by atoms with Crippen LogP contribution in [0.4, 0.5) is 5.69 Å². The van der Waals surface area contributed by atoms with Crippen LogP contribution >= 0.6 is 0 Å². The normalized spacial score (nSPS) is 12.8. The van der Waals surface area contributed by atoms with Gasteiger partial charge in [0.05, 0.1) is 105 Å². The largest absolute Gasteiger partial charge is 0.460 e. The molecule has 1 aliphatic heterocycles. The summed E-state index contributed by atoms with van der Waals surface area (Å²) < 4.78 is 43.2. The van der Waals surface area contributed by atoms with E-state index in [9.17, 15) is 14.4 Å². The molecule has 0 atom stereocenters. The summed E-state index contributed by atoms with van der Waals surface area (Å²) in [4.78, 5) is 36.0. The second kappa shape index (κ2) is 25.4. The van der Waals surface area contributed by atoms with Crippen LogP contribution in [0.3, 0.4) is 0 Å². The minimum absolute atomic E-state index is 0.182. The number of nitrogens with zero attached hydrogens (tertiary/aromatic N) is 1. The molecule has 0 unspecified atom stereocenters. The third-order valence-corrected chi connectivity index (χ3v) is 6.03. The summed E-state index contributed by atoms with van der Waals surface area (Å²) in [6.45, 7) is 9.28. The topological polar surface area (TPSA) is 140 Å². The number of rotatable bonds is 29. The van der Waals surface area contributed by atoms with E-state index in [1.54, 1.807) is 12.1 Å². The second-order valence-electron chi connectivity index (χ2n) is 9.44. The van der Waals surface area contributed by atoms with Crippen molar-refractivity contribution < 1.29 is 52.3 Å². The summed E-state index contributed by atoms with van der Waals surface area (Å²) in [5, 5.41) is 3.31. The van der Waals surface area contributed by atoms with Gasteiger partial charge in [-0.05, 0) is 30.7 Å². The second-order valence-corrected chi connectivity index (χ2v) is 9.44. The number of carbonyl (C=O) groups excluding carboxylic acids is 3. The molecule has 0 spiro atoms. The van der Waals surface area contributed by atoms with Crippen molar-refractivity contribution in [1.29, 1.82) is 0 Å². The maximum Gasteiger partial charge on any atom is 0.338 e. The van der Waals surface area contributed by atoms with Gasteiger partial charge in [-0.2, -0.15) is 0 Å². The number of unbranched alkanes of at least 4 members (excludes halogenated alkanes) is 1. The first-order valence-corrected chi connectivity index (χ1v) is 15.2. The molecule has 0 aliphatic carbocycles. The smallest absolute Gasteiger partial charge is 0.338 e. The molecule has 1 aliphatic rings. The lowest BCUT2D eigenvalue weighted by Gasteiger charge is -2.13. The number of imide groups is 1. The number of benzene rings is 1. The molecule has 1 N–H and O–H groups in total. The van der Waals surface area contributed by atoms with Crippen molar-refractivity contribution in [3.05, 3.63) is 42.0 Å². The maximum absolute atomic E-state index is 12.1. The highest BCUT2D eigenvalue weighted by Crippen LogP contribution is 2.11. The summed E-state index contributed by atoms with van der Waals surface area (Å²) in [5.41, 5.74) is 1.50. The van der Waals surface area contributed by atoms with Gasteiger partial charge in [0.1, 0.15) is 6.61 Å². The van der Waals surface area contributed by atoms with E-state index in [-0.39, 0.29) is 37.5 Å². The van der Waals surface area contributed by atoms with E-state index in [0.717, 1.165) is 30.0 Å². The van der Waals surface area contributed by atoms with Crippen LogP contribution in [0.5, 0.6) is 0 Å². The fourth-order valence-corrected chi connectivity index (χ4v) is 3.64. The molecule has 1 heterocycles. The lowest BCUT2D eigenvalue weighted by molar-refractivity contribution is -0.137. The highest BCUT2D eigenvalue weighted by atomic mass is 16.6. The average molecular weight is 625 g/mol. The third kappa shape index (κ3) is 18.0. The Bertz CT molecular complexity index is 925. The number of carbonyl (C=O) groups is 3. The van der Waals surface area contributed by atoms with Gasteiger partial charge in [-0.1, -0.05) is 13.3 Å². The summed E-state index contributed by atoms with van der Waals surface area (Å²) in [7, 11) is 0. The molecule has 0 saturated carbocycles. The van der Waals surface area contributed by atoms with E-state index in [4.69, 9.17) is 37.9 Å². The van der Waals surface area contributed by atoms with Crippen LogP contribution < -0.4 is 5.32 Å². The highest BCUT2D eigenvalue weighted by molar-refractivity contribution is 6.12. The van der Waals surface area contributed by atoms with Crippen LogP contribution in [0.15, 0.2) is 36.4 Å². The Kier molecular flexibility index (Phi) is 21.5. The van der Waals surface area contributed by atoms with Gasteiger partial charge in [0.2, 0.25) is 0 Å². The van der Waals surface area contributed by atoms with Crippen LogP contribution in [-0.2, 0) is 47.5 Å². The first kappa shape index (κ1) is 37.3. The predicted molar refractivity (Wildman–Crippen MR) is 162 cm³/mol. The predicted octanol–water partition coefficient (Wildman–Crippen LogP) is 2.10. The van der Waals surface area contributed by atoms with E-state index >= 15 is 0 Å². The first-order valence-electron chi connectivity index (χ1n) is 15.2. The molecule has 248 valence electrons. The molecule has 0 bridgehead atoms. The molecule has 0 aromatic heterocycles. The Morgan fingerprint density at radius 2 is 1.02 bits per heavy atom. The van der Waals surface area contributed by atoms with Gasteiger partial charge in [0, 0.05) is 24.4 Å². The van der Waals surface area contributed by atoms with Crippen molar-refractivity contribution in [3.63, 3.8) is 0 Å². The molecule has 1 aromatic carbocycles. The molecule has 44 heavy (non-hydrogen) atoms. The van der Waals surface area contributed by atoms with Gasteiger partial charge >= 0.3 is 5.97 Å². The van der Waals surface area contributed by atoms with Crippen LogP contribution in [0.2, 0.25) is 0 Å². The Morgan fingerprint density at radius 3 is 1.45 bits per heavy atom. The zero-order valence-corrected chi connectivity index (χ0v) is 25.8. The SMILES string of the molecule is CCCCNc1ccc(C(=O)OCCOCCOCCOCCOCCOCCOCCOCCN2C(=O)C=CC2=O)cc1. The number of hydrogen-bond donors (Lipinski definition) is 1. The monoisotopic (exact) mass is 624 g/mol. The first-order chi connectivity index (χ1) is 21.6. The molecular weight excluding hydrogens is 576 g/mol. The van der Waals surface area contributed by atoms with Crippen molar-refractivity contribution in [2.45, 2.75) is 19.8 Å². The van der Waals surface area contributed by atoms with Crippen molar-refractivity contribution in [2.75, 3.05) is 118 Å². The fraction of sp³-hybridized carbons (Fsp3) is 0.645. The zero-order chi connectivity index (χ0) is 31.5. The Labute approximate surface area is 260 Å². The molecule has 1 aromatic rings. The van der Waals surface area contributed by atoms with Crippen molar-refractivity contribution in [3.8, 4) is 0 Å². The minimum atomic E-state index is -0.369. The van der Waals surface area contributed by atoms with Crippen molar-refractivity contribution in [2.24, 2.45) is 0 Å². The molecule has 2 rings (SSSR count). The molecule has 0 saturated heterocycles. The van der Waals surface area contributed by atoms with Crippen molar-refractivity contribution >= 4 is 23.5 Å². The summed E-state index contributed by atoms with van der Waals surface area (Å²) in [5.74, 6) is -0.988. The molecule has 2 amide bonds. The summed E-state index contributed by atoms with van der Waals surface area (Å²) in [6, 6.07) is 7.26. The van der Waals surface area contributed by atoms with E-state index < -0.39 is 0 Å². The van der Waals surface area contributed by atoms with Crippen molar-refractivity contribution in [1.82, 2.24) is 4.90 Å². The van der Waals surface area contributed by atoms with Crippen LogP contribution in [0.25, 0.3) is 0 Å². The summed E-state index contributed by atoms with van der Waals surface area (Å²) >= 11 is 0. The molecule has 13 heteroatoms. The Balaban J connectivity index is 1.23. The quantitative estimate of drug-likeness (QED) is 0.0793. The van der Waals surface area contributed by atoms with Gasteiger partial charge in [-0.15, -0.1) is 0 Å². The minimum Gasteiger partial charge on any atom is -0.460 e. The lowest BCUT2D eigenvalue weighted by Crippen LogP contribution is -2.33. The van der Waals surface area contributed by atoms with Gasteiger partial charge in [0.15, 0.2) is 0 Å². The number of nitrogens with one attached hydrogen (secondary N) is 1. The molecular formula is C31H48N2O11. The molecule has 13 nitrogen and oxygen atoms in total. The van der Waals surface area contributed by atoms with Gasteiger partial charge in [-0.25, -0.2) is 4.79 Å². The number of amides is 2. The third-order valence-electron chi connectivity index (χ3n) is 6.03. The number of hydrogen-bond acceptors (Lipinski definition) is 12. The van der Waals surface area contributed by atoms with E-state index in [1.165, 1.54) is 12.2 Å². The maximum atomic E-state index is 12.1. The number of anilines is 1. The van der Waals surface area contributed by atoms with Gasteiger partial charge in [0.25, 0.3) is 11.8 Å². The van der Waals surface area contributed by atoms with E-state index in [1.807, 2.05) is 12.1 Å². The average Bonchev–Trinajstić information content (AvgIpc) is 3.35.